The van der Waals surface area contributed by atoms with Crippen molar-refractivity contribution in [3.8, 4) is 0 Å². The van der Waals surface area contributed by atoms with Crippen LogP contribution in [0.4, 0.5) is 5.69 Å². The summed E-state index contributed by atoms with van der Waals surface area (Å²) in [6.07, 6.45) is 1.51. The van der Waals surface area contributed by atoms with Gasteiger partial charge in [0.1, 0.15) is 4.88 Å². The second kappa shape index (κ2) is 4.88. The van der Waals surface area contributed by atoms with E-state index < -0.39 is 0 Å². The molecule has 0 saturated heterocycles. The van der Waals surface area contributed by atoms with Crippen molar-refractivity contribution in [1.82, 2.24) is 4.98 Å². The molecule has 0 fully saturated rings. The zero-order chi connectivity index (χ0) is 12.3. The van der Waals surface area contributed by atoms with Crippen molar-refractivity contribution in [3.05, 3.63) is 46.4 Å². The number of ketones is 1. The lowest BCUT2D eigenvalue weighted by atomic mass is 10.1. The van der Waals surface area contributed by atoms with Crippen LogP contribution in [-0.2, 0) is 0 Å². The molecule has 0 aliphatic heterocycles. The molecule has 1 heterocycles. The van der Waals surface area contributed by atoms with Crippen LogP contribution < -0.4 is 5.32 Å². The predicted molar refractivity (Wildman–Crippen MR) is 66.5 cm³/mol. The molecule has 0 radical (unpaired) electrons. The van der Waals surface area contributed by atoms with E-state index >= 15 is 0 Å². The molecule has 86 valence electrons. The van der Waals surface area contributed by atoms with Crippen molar-refractivity contribution >= 4 is 28.7 Å². The maximum atomic E-state index is 11.7. The molecular formula is C12H10N2O2S. The predicted octanol–water partition coefficient (Wildman–Crippen LogP) is 2.60. The van der Waals surface area contributed by atoms with Crippen LogP contribution in [-0.4, -0.2) is 16.7 Å². The minimum Gasteiger partial charge on any atom is -0.321 e. The van der Waals surface area contributed by atoms with Crippen LogP contribution in [0.3, 0.4) is 0 Å². The lowest BCUT2D eigenvalue weighted by molar-refractivity contribution is 0.101. The maximum absolute atomic E-state index is 11.7. The molecule has 0 spiro atoms. The number of thiazole rings is 1. The number of carbonyl (C=O) groups is 2. The summed E-state index contributed by atoms with van der Waals surface area (Å²) in [5, 5.41) is 2.72. The Bertz CT molecular complexity index is 549. The Morgan fingerprint density at radius 1 is 1.35 bits per heavy atom. The Labute approximate surface area is 102 Å². The molecule has 0 aliphatic rings. The van der Waals surface area contributed by atoms with Crippen molar-refractivity contribution in [3.63, 3.8) is 0 Å². The van der Waals surface area contributed by atoms with E-state index in [1.165, 1.54) is 24.5 Å². The fourth-order valence-corrected chi connectivity index (χ4v) is 1.85. The highest BCUT2D eigenvalue weighted by Gasteiger charge is 2.08. The SMILES string of the molecule is CC(=O)c1cccc(NC(=O)c2cncs2)c1. The summed E-state index contributed by atoms with van der Waals surface area (Å²) in [6, 6.07) is 6.84. The smallest absolute Gasteiger partial charge is 0.267 e. The van der Waals surface area contributed by atoms with Crippen LogP contribution in [0, 0.1) is 0 Å². The Morgan fingerprint density at radius 3 is 2.82 bits per heavy atom. The quantitative estimate of drug-likeness (QED) is 0.847. The number of hydrogen-bond acceptors (Lipinski definition) is 4. The van der Waals surface area contributed by atoms with Crippen molar-refractivity contribution < 1.29 is 9.59 Å². The van der Waals surface area contributed by atoms with Crippen LogP contribution in [0.2, 0.25) is 0 Å². The van der Waals surface area contributed by atoms with Gasteiger partial charge in [0, 0.05) is 11.3 Å². The molecule has 17 heavy (non-hydrogen) atoms. The summed E-state index contributed by atoms with van der Waals surface area (Å²) in [5.74, 6) is -0.243. The van der Waals surface area contributed by atoms with Crippen LogP contribution >= 0.6 is 11.3 Å². The van der Waals surface area contributed by atoms with Gasteiger partial charge in [0.2, 0.25) is 0 Å². The van der Waals surface area contributed by atoms with Crippen LogP contribution in [0.5, 0.6) is 0 Å². The minimum absolute atomic E-state index is 0.0288. The van der Waals surface area contributed by atoms with E-state index in [0.29, 0.717) is 16.1 Å². The summed E-state index contributed by atoms with van der Waals surface area (Å²) < 4.78 is 0. The van der Waals surface area contributed by atoms with Gasteiger partial charge in [-0.15, -0.1) is 11.3 Å². The molecule has 1 N–H and O–H groups in total. The number of carbonyl (C=O) groups excluding carboxylic acids is 2. The van der Waals surface area contributed by atoms with E-state index in [1.807, 2.05) is 0 Å². The van der Waals surface area contributed by atoms with Gasteiger partial charge >= 0.3 is 0 Å². The normalized spacial score (nSPS) is 9.94. The summed E-state index contributed by atoms with van der Waals surface area (Å²) in [6.45, 7) is 1.49. The third kappa shape index (κ3) is 2.76. The molecule has 1 aromatic heterocycles. The zero-order valence-corrected chi connectivity index (χ0v) is 9.95. The summed E-state index contributed by atoms with van der Waals surface area (Å²) in [4.78, 5) is 27.3. The first-order valence-electron chi connectivity index (χ1n) is 4.97. The molecular weight excluding hydrogens is 236 g/mol. The molecule has 0 bridgehead atoms. The Morgan fingerprint density at radius 2 is 2.18 bits per heavy atom. The van der Waals surface area contributed by atoms with Crippen LogP contribution in [0.25, 0.3) is 0 Å². The van der Waals surface area contributed by atoms with E-state index in [1.54, 1.807) is 29.8 Å². The molecule has 1 amide bonds. The minimum atomic E-state index is -0.215. The van der Waals surface area contributed by atoms with Gasteiger partial charge in [-0.3, -0.25) is 14.6 Å². The Balaban J connectivity index is 2.16. The topological polar surface area (TPSA) is 59.1 Å². The lowest BCUT2D eigenvalue weighted by Gasteiger charge is -2.04. The molecule has 0 unspecified atom stereocenters. The van der Waals surface area contributed by atoms with Gasteiger partial charge in [0.05, 0.1) is 11.7 Å². The molecule has 0 atom stereocenters. The number of aromatic nitrogens is 1. The number of rotatable bonds is 3. The first-order chi connectivity index (χ1) is 8.16. The highest BCUT2D eigenvalue weighted by Crippen LogP contribution is 2.14. The average Bonchev–Trinajstić information content (AvgIpc) is 2.82. The first kappa shape index (κ1) is 11.5. The Hall–Kier alpha value is -2.01. The molecule has 4 nitrogen and oxygen atoms in total. The van der Waals surface area contributed by atoms with E-state index in [-0.39, 0.29) is 11.7 Å². The summed E-state index contributed by atoms with van der Waals surface area (Å²) >= 11 is 1.27. The van der Waals surface area contributed by atoms with Gasteiger partial charge < -0.3 is 5.32 Å². The van der Waals surface area contributed by atoms with E-state index in [9.17, 15) is 9.59 Å². The highest BCUT2D eigenvalue weighted by molar-refractivity contribution is 7.11. The van der Waals surface area contributed by atoms with Crippen LogP contribution in [0.15, 0.2) is 36.0 Å². The summed E-state index contributed by atoms with van der Waals surface area (Å²) in [5.41, 5.74) is 2.78. The van der Waals surface area contributed by atoms with Gasteiger partial charge in [-0.05, 0) is 19.1 Å². The number of amides is 1. The van der Waals surface area contributed by atoms with E-state index in [2.05, 4.69) is 10.3 Å². The monoisotopic (exact) mass is 246 g/mol. The van der Waals surface area contributed by atoms with Gasteiger partial charge in [0.15, 0.2) is 5.78 Å². The van der Waals surface area contributed by atoms with Gasteiger partial charge in [0.25, 0.3) is 5.91 Å². The Kier molecular flexibility index (Phi) is 3.30. The summed E-state index contributed by atoms with van der Waals surface area (Å²) in [7, 11) is 0. The van der Waals surface area contributed by atoms with Crippen molar-refractivity contribution in [2.24, 2.45) is 0 Å². The van der Waals surface area contributed by atoms with Gasteiger partial charge in [-0.1, -0.05) is 12.1 Å². The third-order valence-corrected chi connectivity index (χ3v) is 2.95. The van der Waals surface area contributed by atoms with Gasteiger partial charge in [-0.2, -0.15) is 0 Å². The fourth-order valence-electron chi connectivity index (χ4n) is 1.34. The largest absolute Gasteiger partial charge is 0.321 e. The molecule has 5 heteroatoms. The maximum Gasteiger partial charge on any atom is 0.267 e. The zero-order valence-electron chi connectivity index (χ0n) is 9.14. The second-order valence-electron chi connectivity index (χ2n) is 3.46. The number of nitrogens with one attached hydrogen (secondary N) is 1. The highest BCUT2D eigenvalue weighted by atomic mass is 32.1. The van der Waals surface area contributed by atoms with Crippen LogP contribution in [0.1, 0.15) is 27.0 Å². The second-order valence-corrected chi connectivity index (χ2v) is 4.34. The first-order valence-corrected chi connectivity index (χ1v) is 5.85. The molecule has 2 rings (SSSR count). The number of Topliss-reactive ketones (excluding diaryl/α,β-unsaturated/α-hetero) is 1. The standard InChI is InChI=1S/C12H10N2O2S/c1-8(15)9-3-2-4-10(5-9)14-12(16)11-6-13-7-17-11/h2-7H,1H3,(H,14,16). The molecule has 0 saturated carbocycles. The number of anilines is 1. The molecule has 0 aliphatic carbocycles. The fraction of sp³-hybridized carbons (Fsp3) is 0.0833. The number of nitrogens with zero attached hydrogens (tertiary/aromatic N) is 1. The third-order valence-electron chi connectivity index (χ3n) is 2.18. The van der Waals surface area contributed by atoms with E-state index in [4.69, 9.17) is 0 Å². The number of benzene rings is 1. The van der Waals surface area contributed by atoms with Crippen molar-refractivity contribution in [1.29, 1.82) is 0 Å². The van der Waals surface area contributed by atoms with Gasteiger partial charge in [-0.25, -0.2) is 0 Å². The number of hydrogen-bond donors (Lipinski definition) is 1. The van der Waals surface area contributed by atoms with Crippen molar-refractivity contribution in [2.75, 3.05) is 5.32 Å². The average molecular weight is 246 g/mol. The molecule has 2 aromatic rings. The van der Waals surface area contributed by atoms with Crippen molar-refractivity contribution in [2.45, 2.75) is 6.92 Å². The lowest BCUT2D eigenvalue weighted by Crippen LogP contribution is -2.10. The van der Waals surface area contributed by atoms with E-state index in [0.717, 1.165) is 0 Å². The molecule has 1 aromatic carbocycles.